The lowest BCUT2D eigenvalue weighted by Crippen LogP contribution is -2.26. The van der Waals surface area contributed by atoms with Gasteiger partial charge in [-0.25, -0.2) is 5.43 Å². The summed E-state index contributed by atoms with van der Waals surface area (Å²) in [6.45, 7) is 2.01. The standard InChI is InChI=1S/C21H22N2O/c1-15(16-12-13-16)22-23-20(24)19-14-21(19,17-8-4-2-5-9-17)18-10-6-3-7-11-18/h2-11,16,19H,12-14H2,1H3,(H,23,24)/b22-15+. The summed E-state index contributed by atoms with van der Waals surface area (Å²) in [5.41, 5.74) is 6.06. The van der Waals surface area contributed by atoms with Crippen molar-refractivity contribution in [3.8, 4) is 0 Å². The average Bonchev–Trinajstić information content (AvgIpc) is 3.54. The van der Waals surface area contributed by atoms with Gasteiger partial charge in [-0.1, -0.05) is 60.7 Å². The molecule has 4 rings (SSSR count). The molecule has 24 heavy (non-hydrogen) atoms. The number of nitrogens with zero attached hydrogens (tertiary/aromatic N) is 1. The average molecular weight is 318 g/mol. The first-order chi connectivity index (χ1) is 11.7. The first-order valence-corrected chi connectivity index (χ1v) is 8.67. The van der Waals surface area contributed by atoms with Crippen molar-refractivity contribution in [1.29, 1.82) is 0 Å². The molecule has 2 aliphatic rings. The van der Waals surface area contributed by atoms with Crippen molar-refractivity contribution in [2.75, 3.05) is 0 Å². The van der Waals surface area contributed by atoms with Crippen LogP contribution in [0, 0.1) is 11.8 Å². The van der Waals surface area contributed by atoms with Gasteiger partial charge in [0.25, 0.3) is 0 Å². The number of hydrazone groups is 1. The van der Waals surface area contributed by atoms with Gasteiger partial charge in [-0.05, 0) is 43.2 Å². The fraction of sp³-hybridized carbons (Fsp3) is 0.333. The molecule has 1 atom stereocenters. The van der Waals surface area contributed by atoms with Crippen molar-refractivity contribution < 1.29 is 4.79 Å². The molecule has 122 valence electrons. The second kappa shape index (κ2) is 5.90. The van der Waals surface area contributed by atoms with E-state index in [1.54, 1.807) is 0 Å². The van der Waals surface area contributed by atoms with Crippen molar-refractivity contribution in [3.05, 3.63) is 71.8 Å². The highest BCUT2D eigenvalue weighted by Crippen LogP contribution is 2.58. The molecule has 0 aliphatic heterocycles. The normalized spacial score (nSPS) is 22.0. The fourth-order valence-corrected chi connectivity index (χ4v) is 3.67. The fourth-order valence-electron chi connectivity index (χ4n) is 3.67. The number of nitrogens with one attached hydrogen (secondary N) is 1. The molecule has 1 amide bonds. The quantitative estimate of drug-likeness (QED) is 0.659. The van der Waals surface area contributed by atoms with Crippen LogP contribution in [-0.2, 0) is 10.2 Å². The summed E-state index contributed by atoms with van der Waals surface area (Å²) in [6.07, 6.45) is 3.24. The first-order valence-electron chi connectivity index (χ1n) is 8.67. The second-order valence-electron chi connectivity index (χ2n) is 6.96. The lowest BCUT2D eigenvalue weighted by molar-refractivity contribution is -0.122. The van der Waals surface area contributed by atoms with Crippen LogP contribution in [0.4, 0.5) is 0 Å². The Morgan fingerprint density at radius 2 is 1.54 bits per heavy atom. The monoisotopic (exact) mass is 318 g/mol. The Labute approximate surface area is 142 Å². The number of carbonyl (C=O) groups excluding carboxylic acids is 1. The minimum Gasteiger partial charge on any atom is -0.273 e. The first kappa shape index (κ1) is 15.1. The van der Waals surface area contributed by atoms with Crippen LogP contribution in [0.3, 0.4) is 0 Å². The molecule has 2 fully saturated rings. The molecule has 0 bridgehead atoms. The van der Waals surface area contributed by atoms with E-state index in [1.165, 1.54) is 24.0 Å². The van der Waals surface area contributed by atoms with Gasteiger partial charge >= 0.3 is 0 Å². The van der Waals surface area contributed by atoms with E-state index in [1.807, 2.05) is 43.3 Å². The van der Waals surface area contributed by atoms with Crippen molar-refractivity contribution in [3.63, 3.8) is 0 Å². The van der Waals surface area contributed by atoms with Crippen molar-refractivity contribution >= 4 is 11.6 Å². The highest BCUT2D eigenvalue weighted by Gasteiger charge is 2.60. The molecule has 1 N–H and O–H groups in total. The van der Waals surface area contributed by atoms with Crippen molar-refractivity contribution in [1.82, 2.24) is 5.43 Å². The van der Waals surface area contributed by atoms with Crippen LogP contribution in [0.2, 0.25) is 0 Å². The third-order valence-electron chi connectivity index (χ3n) is 5.37. The maximum Gasteiger partial charge on any atom is 0.244 e. The zero-order valence-electron chi connectivity index (χ0n) is 13.9. The molecule has 1 unspecified atom stereocenters. The van der Waals surface area contributed by atoms with E-state index < -0.39 is 0 Å². The van der Waals surface area contributed by atoms with Gasteiger partial charge in [0.15, 0.2) is 0 Å². The number of amides is 1. The van der Waals surface area contributed by atoms with E-state index in [4.69, 9.17) is 0 Å². The third-order valence-corrected chi connectivity index (χ3v) is 5.37. The summed E-state index contributed by atoms with van der Waals surface area (Å²) in [7, 11) is 0. The minimum atomic E-state index is -0.213. The van der Waals surface area contributed by atoms with Crippen LogP contribution < -0.4 is 5.43 Å². The number of benzene rings is 2. The topological polar surface area (TPSA) is 41.5 Å². The van der Waals surface area contributed by atoms with Crippen LogP contribution >= 0.6 is 0 Å². The largest absolute Gasteiger partial charge is 0.273 e. The summed E-state index contributed by atoms with van der Waals surface area (Å²) in [5.74, 6) is 0.554. The smallest absolute Gasteiger partial charge is 0.244 e. The molecular formula is C21H22N2O. The van der Waals surface area contributed by atoms with Crippen LogP contribution in [-0.4, -0.2) is 11.6 Å². The Balaban J connectivity index is 1.60. The van der Waals surface area contributed by atoms with E-state index in [2.05, 4.69) is 34.8 Å². The van der Waals surface area contributed by atoms with Gasteiger partial charge in [-0.2, -0.15) is 5.10 Å². The zero-order valence-corrected chi connectivity index (χ0v) is 13.9. The minimum absolute atomic E-state index is 0.0303. The van der Waals surface area contributed by atoms with Crippen LogP contribution in [0.15, 0.2) is 65.8 Å². The Bertz CT molecular complexity index is 723. The van der Waals surface area contributed by atoms with Crippen LogP contribution in [0.1, 0.15) is 37.3 Å². The molecule has 0 aromatic heterocycles. The van der Waals surface area contributed by atoms with Gasteiger partial charge in [0.2, 0.25) is 5.91 Å². The Morgan fingerprint density at radius 3 is 2.04 bits per heavy atom. The lowest BCUT2D eigenvalue weighted by atomic mass is 9.85. The summed E-state index contributed by atoms with van der Waals surface area (Å²) < 4.78 is 0. The summed E-state index contributed by atoms with van der Waals surface area (Å²) in [5, 5.41) is 4.32. The third kappa shape index (κ3) is 2.64. The molecule has 2 aromatic rings. The van der Waals surface area contributed by atoms with E-state index in [-0.39, 0.29) is 17.2 Å². The van der Waals surface area contributed by atoms with Gasteiger partial charge in [0, 0.05) is 11.1 Å². The van der Waals surface area contributed by atoms with Crippen LogP contribution in [0.5, 0.6) is 0 Å². The van der Waals surface area contributed by atoms with Crippen molar-refractivity contribution in [2.45, 2.75) is 31.6 Å². The highest BCUT2D eigenvalue weighted by molar-refractivity contribution is 5.90. The molecule has 2 aliphatic carbocycles. The predicted octanol–water partition coefficient (Wildman–Crippen LogP) is 3.89. The molecule has 0 saturated heterocycles. The lowest BCUT2D eigenvalue weighted by Gasteiger charge is -2.18. The zero-order chi connectivity index (χ0) is 16.6. The van der Waals surface area contributed by atoms with E-state index >= 15 is 0 Å². The summed E-state index contributed by atoms with van der Waals surface area (Å²) >= 11 is 0. The maximum atomic E-state index is 12.7. The van der Waals surface area contributed by atoms with Gasteiger partial charge in [0.1, 0.15) is 0 Å². The number of rotatable bonds is 5. The van der Waals surface area contributed by atoms with E-state index in [9.17, 15) is 4.79 Å². The Kier molecular flexibility index (Phi) is 3.72. The van der Waals surface area contributed by atoms with Gasteiger partial charge in [0.05, 0.1) is 5.92 Å². The molecule has 2 aromatic carbocycles. The molecule has 3 heteroatoms. The molecule has 0 spiro atoms. The van der Waals surface area contributed by atoms with E-state index in [0.717, 1.165) is 12.1 Å². The van der Waals surface area contributed by atoms with Crippen LogP contribution in [0.25, 0.3) is 0 Å². The SMILES string of the molecule is C/C(=N\NC(=O)C1CC1(c1ccccc1)c1ccccc1)C1CC1. The molecule has 0 heterocycles. The Morgan fingerprint density at radius 1 is 1.00 bits per heavy atom. The molecule has 0 radical (unpaired) electrons. The second-order valence-corrected chi connectivity index (χ2v) is 6.96. The van der Waals surface area contributed by atoms with E-state index in [0.29, 0.717) is 5.92 Å². The molecule has 3 nitrogen and oxygen atoms in total. The number of carbonyl (C=O) groups is 1. The Hall–Kier alpha value is -2.42. The number of hydrogen-bond acceptors (Lipinski definition) is 2. The van der Waals surface area contributed by atoms with Gasteiger partial charge in [-0.15, -0.1) is 0 Å². The summed E-state index contributed by atoms with van der Waals surface area (Å²) in [4.78, 5) is 12.7. The highest BCUT2D eigenvalue weighted by atomic mass is 16.2. The van der Waals surface area contributed by atoms with Gasteiger partial charge in [-0.3, -0.25) is 4.79 Å². The summed E-state index contributed by atoms with van der Waals surface area (Å²) in [6, 6.07) is 20.7. The maximum absolute atomic E-state index is 12.7. The number of hydrogen-bond donors (Lipinski definition) is 1. The van der Waals surface area contributed by atoms with Gasteiger partial charge < -0.3 is 0 Å². The predicted molar refractivity (Wildman–Crippen MR) is 95.7 cm³/mol. The molecule has 2 saturated carbocycles. The molecular weight excluding hydrogens is 296 g/mol. The van der Waals surface area contributed by atoms with Crippen molar-refractivity contribution in [2.24, 2.45) is 16.9 Å².